The van der Waals surface area contributed by atoms with Crippen molar-refractivity contribution in [3.63, 3.8) is 0 Å². The summed E-state index contributed by atoms with van der Waals surface area (Å²) in [5.74, 6) is 0.136. The van der Waals surface area contributed by atoms with Gasteiger partial charge in [-0.3, -0.25) is 0 Å². The van der Waals surface area contributed by atoms with Crippen molar-refractivity contribution in [1.29, 1.82) is 0 Å². The molecule has 0 aliphatic heterocycles. The summed E-state index contributed by atoms with van der Waals surface area (Å²) < 4.78 is 22.6. The predicted octanol–water partition coefficient (Wildman–Crippen LogP) is 0.307. The van der Waals surface area contributed by atoms with Crippen molar-refractivity contribution in [3.05, 3.63) is 29.8 Å². The van der Waals surface area contributed by atoms with Crippen LogP contribution in [0.3, 0.4) is 0 Å². The Balaban J connectivity index is 2.85. The van der Waals surface area contributed by atoms with E-state index in [0.29, 0.717) is 6.42 Å². The summed E-state index contributed by atoms with van der Waals surface area (Å²) >= 11 is 0. The maximum absolute atomic E-state index is 11.3. The van der Waals surface area contributed by atoms with Gasteiger partial charge in [-0.15, -0.1) is 0 Å². The van der Waals surface area contributed by atoms with Gasteiger partial charge in [0.2, 0.25) is 0 Å². The van der Waals surface area contributed by atoms with Crippen molar-refractivity contribution in [2.24, 2.45) is 5.73 Å². The van der Waals surface area contributed by atoms with Crippen LogP contribution >= 0.6 is 0 Å². The summed E-state index contributed by atoms with van der Waals surface area (Å²) in [7, 11) is -3.13. The van der Waals surface area contributed by atoms with Crippen LogP contribution in [0.4, 0.5) is 0 Å². The molecule has 0 aliphatic rings. The van der Waals surface area contributed by atoms with E-state index in [2.05, 4.69) is 0 Å². The zero-order valence-corrected chi connectivity index (χ0v) is 9.37. The Morgan fingerprint density at radius 3 is 2.60 bits per heavy atom. The van der Waals surface area contributed by atoms with Crippen LogP contribution in [0.1, 0.15) is 5.56 Å². The number of sulfone groups is 1. The highest BCUT2D eigenvalue weighted by Gasteiger charge is 2.19. The lowest BCUT2D eigenvalue weighted by atomic mass is 10.1. The van der Waals surface area contributed by atoms with Crippen molar-refractivity contribution in [2.45, 2.75) is 11.7 Å². The fourth-order valence-corrected chi connectivity index (χ4v) is 2.20. The molecule has 0 saturated carbocycles. The maximum Gasteiger partial charge on any atom is 0.151 e. The summed E-state index contributed by atoms with van der Waals surface area (Å²) in [4.78, 5) is 0. The third-order valence-corrected chi connectivity index (χ3v) is 3.81. The molecule has 0 aromatic heterocycles. The number of phenols is 1. The number of hydrogen-bond donors (Lipinski definition) is 2. The van der Waals surface area contributed by atoms with E-state index in [-0.39, 0.29) is 12.3 Å². The minimum atomic E-state index is -3.13. The Bertz CT molecular complexity index is 428. The molecule has 0 spiro atoms. The van der Waals surface area contributed by atoms with Gasteiger partial charge in [-0.2, -0.15) is 0 Å². The summed E-state index contributed by atoms with van der Waals surface area (Å²) in [6.45, 7) is 0.0918. The maximum atomic E-state index is 11.3. The zero-order chi connectivity index (χ0) is 11.5. The third kappa shape index (κ3) is 3.53. The Morgan fingerprint density at radius 2 is 2.13 bits per heavy atom. The van der Waals surface area contributed by atoms with Crippen LogP contribution < -0.4 is 5.73 Å². The Kier molecular flexibility index (Phi) is 3.71. The van der Waals surface area contributed by atoms with Gasteiger partial charge < -0.3 is 10.8 Å². The van der Waals surface area contributed by atoms with Crippen LogP contribution in [0, 0.1) is 0 Å². The molecule has 1 rings (SSSR count). The van der Waals surface area contributed by atoms with Gasteiger partial charge in [-0.05, 0) is 24.1 Å². The highest BCUT2D eigenvalue weighted by Crippen LogP contribution is 2.14. The normalized spacial score (nSPS) is 13.7. The Morgan fingerprint density at radius 1 is 1.47 bits per heavy atom. The molecule has 5 heteroatoms. The molecule has 0 heterocycles. The molecule has 0 radical (unpaired) electrons. The molecular formula is C10H15NO3S. The fraction of sp³-hybridized carbons (Fsp3) is 0.400. The lowest BCUT2D eigenvalue weighted by Crippen LogP contribution is -2.30. The zero-order valence-electron chi connectivity index (χ0n) is 8.55. The fourth-order valence-electron chi connectivity index (χ4n) is 1.36. The van der Waals surface area contributed by atoms with Crippen LogP contribution in [0.2, 0.25) is 0 Å². The number of benzene rings is 1. The minimum absolute atomic E-state index is 0.0918. The summed E-state index contributed by atoms with van der Waals surface area (Å²) in [5, 5.41) is 8.64. The molecule has 3 N–H and O–H groups in total. The predicted molar refractivity (Wildman–Crippen MR) is 59.5 cm³/mol. The van der Waals surface area contributed by atoms with Gasteiger partial charge in [-0.25, -0.2) is 8.42 Å². The number of nitrogens with two attached hydrogens (primary N) is 1. The number of phenolic OH excluding ortho intramolecular Hbond substituents is 1. The first-order valence-electron chi connectivity index (χ1n) is 4.60. The molecule has 4 nitrogen and oxygen atoms in total. The molecule has 1 atom stereocenters. The molecule has 0 amide bonds. The average molecular weight is 229 g/mol. The first-order valence-corrected chi connectivity index (χ1v) is 6.56. The Labute approximate surface area is 89.7 Å². The first kappa shape index (κ1) is 12.0. The molecular weight excluding hydrogens is 214 g/mol. The standard InChI is InChI=1S/C10H15NO3S/c1-15(13,14)10(7-11)6-8-3-2-4-9(12)5-8/h2-5,10,12H,6-7,11H2,1H3. The van der Waals surface area contributed by atoms with Gasteiger partial charge in [0.15, 0.2) is 9.84 Å². The van der Waals surface area contributed by atoms with E-state index in [1.54, 1.807) is 24.3 Å². The SMILES string of the molecule is CS(=O)(=O)C(CN)Cc1cccc(O)c1. The largest absolute Gasteiger partial charge is 0.508 e. The Hall–Kier alpha value is -1.07. The monoisotopic (exact) mass is 229 g/mol. The lowest BCUT2D eigenvalue weighted by molar-refractivity contribution is 0.474. The summed E-state index contributed by atoms with van der Waals surface area (Å²) in [5.41, 5.74) is 6.18. The van der Waals surface area contributed by atoms with Crippen molar-refractivity contribution >= 4 is 9.84 Å². The molecule has 0 saturated heterocycles. The van der Waals surface area contributed by atoms with Gasteiger partial charge in [0.25, 0.3) is 0 Å². The second kappa shape index (κ2) is 4.63. The van der Waals surface area contributed by atoms with Crippen molar-refractivity contribution in [1.82, 2.24) is 0 Å². The highest BCUT2D eigenvalue weighted by atomic mass is 32.2. The first-order chi connectivity index (χ1) is 6.93. The molecule has 15 heavy (non-hydrogen) atoms. The summed E-state index contributed by atoms with van der Waals surface area (Å²) in [6.07, 6.45) is 1.51. The molecule has 0 fully saturated rings. The average Bonchev–Trinajstić information content (AvgIpc) is 2.12. The molecule has 0 aliphatic carbocycles. The van der Waals surface area contributed by atoms with E-state index in [1.165, 1.54) is 6.26 Å². The number of hydrogen-bond acceptors (Lipinski definition) is 4. The molecule has 84 valence electrons. The van der Waals surface area contributed by atoms with Gasteiger partial charge in [0.1, 0.15) is 5.75 Å². The van der Waals surface area contributed by atoms with Gasteiger partial charge in [-0.1, -0.05) is 12.1 Å². The summed E-state index contributed by atoms with van der Waals surface area (Å²) in [6, 6.07) is 6.54. The van der Waals surface area contributed by atoms with Gasteiger partial charge in [0.05, 0.1) is 5.25 Å². The van der Waals surface area contributed by atoms with Crippen molar-refractivity contribution in [2.75, 3.05) is 12.8 Å². The van der Waals surface area contributed by atoms with Crippen LogP contribution in [-0.2, 0) is 16.3 Å². The highest BCUT2D eigenvalue weighted by molar-refractivity contribution is 7.91. The van der Waals surface area contributed by atoms with Gasteiger partial charge in [0, 0.05) is 12.8 Å². The van der Waals surface area contributed by atoms with Crippen LogP contribution in [0.25, 0.3) is 0 Å². The third-order valence-electron chi connectivity index (χ3n) is 2.24. The quantitative estimate of drug-likeness (QED) is 0.778. The van der Waals surface area contributed by atoms with Crippen LogP contribution in [0.5, 0.6) is 5.75 Å². The van der Waals surface area contributed by atoms with E-state index >= 15 is 0 Å². The second-order valence-electron chi connectivity index (χ2n) is 3.56. The molecule has 1 aromatic carbocycles. The second-order valence-corrected chi connectivity index (χ2v) is 5.89. The van der Waals surface area contributed by atoms with Gasteiger partial charge >= 0.3 is 0 Å². The van der Waals surface area contributed by atoms with E-state index < -0.39 is 15.1 Å². The smallest absolute Gasteiger partial charge is 0.151 e. The van der Waals surface area contributed by atoms with Crippen molar-refractivity contribution < 1.29 is 13.5 Å². The van der Waals surface area contributed by atoms with Crippen LogP contribution in [0.15, 0.2) is 24.3 Å². The van der Waals surface area contributed by atoms with Crippen LogP contribution in [-0.4, -0.2) is 31.6 Å². The molecule has 0 bridgehead atoms. The van der Waals surface area contributed by atoms with E-state index in [9.17, 15) is 13.5 Å². The van der Waals surface area contributed by atoms with E-state index in [1.807, 2.05) is 0 Å². The number of rotatable bonds is 4. The minimum Gasteiger partial charge on any atom is -0.508 e. The van der Waals surface area contributed by atoms with E-state index in [0.717, 1.165) is 5.56 Å². The number of aromatic hydroxyl groups is 1. The molecule has 1 aromatic rings. The lowest BCUT2D eigenvalue weighted by Gasteiger charge is -2.12. The van der Waals surface area contributed by atoms with E-state index in [4.69, 9.17) is 5.73 Å². The molecule has 1 unspecified atom stereocenters. The topological polar surface area (TPSA) is 80.4 Å². The van der Waals surface area contributed by atoms with Crippen molar-refractivity contribution in [3.8, 4) is 5.75 Å².